The van der Waals surface area contributed by atoms with Gasteiger partial charge in [-0.1, -0.05) is 48.5 Å². The molecule has 2 heteroatoms. The molecule has 0 saturated carbocycles. The molecule has 0 radical (unpaired) electrons. The Morgan fingerprint density at radius 3 is 2.05 bits per heavy atom. The Kier molecular flexibility index (Phi) is 4.00. The van der Waals surface area contributed by atoms with Gasteiger partial charge in [0.15, 0.2) is 0 Å². The normalized spacial score (nSPS) is 11.1. The van der Waals surface area contributed by atoms with E-state index in [0.29, 0.717) is 12.0 Å². The largest absolute Gasteiger partial charge is 0.456 e. The van der Waals surface area contributed by atoms with Crippen LogP contribution in [-0.4, -0.2) is 11.6 Å². The van der Waals surface area contributed by atoms with E-state index in [1.54, 1.807) is 12.1 Å². The first kappa shape index (κ1) is 13.3. The number of hydrogen-bond donors (Lipinski definition) is 0. The minimum absolute atomic E-state index is 0.276. The molecule has 2 aromatic carbocycles. The molecular formula is C17H18O2. The van der Waals surface area contributed by atoms with Crippen molar-refractivity contribution in [2.75, 3.05) is 0 Å². The van der Waals surface area contributed by atoms with Gasteiger partial charge in [0.1, 0.15) is 5.60 Å². The molecule has 0 spiro atoms. The van der Waals surface area contributed by atoms with Crippen LogP contribution in [0.2, 0.25) is 0 Å². The quantitative estimate of drug-likeness (QED) is 0.774. The van der Waals surface area contributed by atoms with Crippen LogP contribution in [0.5, 0.6) is 0 Å². The Morgan fingerprint density at radius 2 is 1.47 bits per heavy atom. The van der Waals surface area contributed by atoms with E-state index in [0.717, 1.165) is 5.56 Å². The number of benzene rings is 2. The minimum atomic E-state index is -0.520. The Hall–Kier alpha value is -2.09. The lowest BCUT2D eigenvalue weighted by atomic mass is 9.98. The van der Waals surface area contributed by atoms with Gasteiger partial charge in [-0.05, 0) is 31.5 Å². The van der Waals surface area contributed by atoms with Crippen molar-refractivity contribution in [1.29, 1.82) is 0 Å². The standard InChI is InChI=1S/C17H18O2/c1-17(2,13-14-9-5-3-6-10-14)19-16(18)15-11-7-4-8-12-15/h3-12H,13H2,1-2H3. The molecule has 0 saturated heterocycles. The Morgan fingerprint density at radius 1 is 0.947 bits per heavy atom. The van der Waals surface area contributed by atoms with Crippen molar-refractivity contribution in [1.82, 2.24) is 0 Å². The molecular weight excluding hydrogens is 236 g/mol. The smallest absolute Gasteiger partial charge is 0.338 e. The van der Waals surface area contributed by atoms with E-state index in [9.17, 15) is 4.79 Å². The molecule has 98 valence electrons. The lowest BCUT2D eigenvalue weighted by molar-refractivity contribution is -0.000651. The fourth-order valence-corrected chi connectivity index (χ4v) is 2.01. The third kappa shape index (κ3) is 3.95. The summed E-state index contributed by atoms with van der Waals surface area (Å²) in [6.45, 7) is 3.86. The van der Waals surface area contributed by atoms with Crippen molar-refractivity contribution in [3.63, 3.8) is 0 Å². The topological polar surface area (TPSA) is 26.3 Å². The highest BCUT2D eigenvalue weighted by molar-refractivity contribution is 5.89. The summed E-state index contributed by atoms with van der Waals surface area (Å²) in [6.07, 6.45) is 0.701. The van der Waals surface area contributed by atoms with Crippen LogP contribution in [0.25, 0.3) is 0 Å². The minimum Gasteiger partial charge on any atom is -0.456 e. The first-order valence-corrected chi connectivity index (χ1v) is 6.39. The van der Waals surface area contributed by atoms with Gasteiger partial charge in [-0.15, -0.1) is 0 Å². The molecule has 0 unspecified atom stereocenters. The number of carbonyl (C=O) groups is 1. The number of esters is 1. The monoisotopic (exact) mass is 254 g/mol. The van der Waals surface area contributed by atoms with Gasteiger partial charge in [0.2, 0.25) is 0 Å². The second-order valence-electron chi connectivity index (χ2n) is 5.18. The van der Waals surface area contributed by atoms with Crippen molar-refractivity contribution in [3.05, 3.63) is 71.8 Å². The summed E-state index contributed by atoms with van der Waals surface area (Å²) in [5.74, 6) is -0.276. The van der Waals surface area contributed by atoms with Crippen LogP contribution in [-0.2, 0) is 11.2 Å². The Balaban J connectivity index is 2.03. The Bertz CT molecular complexity index is 530. The van der Waals surface area contributed by atoms with Crippen molar-refractivity contribution < 1.29 is 9.53 Å². The molecule has 0 aliphatic carbocycles. The van der Waals surface area contributed by atoms with Gasteiger partial charge in [-0.25, -0.2) is 4.79 Å². The molecule has 2 aromatic rings. The van der Waals surface area contributed by atoms with E-state index >= 15 is 0 Å². The molecule has 0 bridgehead atoms. The van der Waals surface area contributed by atoms with E-state index in [4.69, 9.17) is 4.74 Å². The average Bonchev–Trinajstić information content (AvgIpc) is 2.39. The molecule has 0 amide bonds. The Labute approximate surface area is 114 Å². The van der Waals surface area contributed by atoms with Crippen molar-refractivity contribution in [2.45, 2.75) is 25.9 Å². The number of hydrogen-bond acceptors (Lipinski definition) is 2. The van der Waals surface area contributed by atoms with Crippen LogP contribution in [0.4, 0.5) is 0 Å². The third-order valence-corrected chi connectivity index (χ3v) is 2.85. The van der Waals surface area contributed by atoms with Crippen molar-refractivity contribution >= 4 is 5.97 Å². The molecule has 0 N–H and O–H groups in total. The molecule has 0 heterocycles. The summed E-state index contributed by atoms with van der Waals surface area (Å²) >= 11 is 0. The lowest BCUT2D eigenvalue weighted by Gasteiger charge is -2.25. The van der Waals surface area contributed by atoms with E-state index < -0.39 is 5.60 Å². The number of carbonyl (C=O) groups excluding carboxylic acids is 1. The van der Waals surface area contributed by atoms with Gasteiger partial charge in [0.05, 0.1) is 5.56 Å². The molecule has 2 nitrogen and oxygen atoms in total. The van der Waals surface area contributed by atoms with Gasteiger partial charge in [0, 0.05) is 6.42 Å². The number of rotatable bonds is 4. The second kappa shape index (κ2) is 5.70. The molecule has 0 aromatic heterocycles. The average molecular weight is 254 g/mol. The molecule has 0 atom stereocenters. The fraction of sp³-hybridized carbons (Fsp3) is 0.235. The highest BCUT2D eigenvalue weighted by atomic mass is 16.6. The maximum absolute atomic E-state index is 12.0. The number of ether oxygens (including phenoxy) is 1. The van der Waals surface area contributed by atoms with Crippen molar-refractivity contribution in [3.8, 4) is 0 Å². The van der Waals surface area contributed by atoms with Crippen LogP contribution >= 0.6 is 0 Å². The molecule has 0 fully saturated rings. The van der Waals surface area contributed by atoms with Crippen LogP contribution in [0.1, 0.15) is 29.8 Å². The maximum atomic E-state index is 12.0. The zero-order chi connectivity index (χ0) is 13.7. The first-order valence-electron chi connectivity index (χ1n) is 6.39. The molecule has 0 aliphatic rings. The molecule has 19 heavy (non-hydrogen) atoms. The van der Waals surface area contributed by atoms with Gasteiger partial charge in [-0.2, -0.15) is 0 Å². The maximum Gasteiger partial charge on any atom is 0.338 e. The summed E-state index contributed by atoms with van der Waals surface area (Å²) < 4.78 is 5.59. The van der Waals surface area contributed by atoms with E-state index in [1.165, 1.54) is 0 Å². The third-order valence-electron chi connectivity index (χ3n) is 2.85. The summed E-state index contributed by atoms with van der Waals surface area (Å²) in [7, 11) is 0. The van der Waals surface area contributed by atoms with Crippen LogP contribution < -0.4 is 0 Å². The van der Waals surface area contributed by atoms with Gasteiger partial charge < -0.3 is 4.74 Å². The van der Waals surface area contributed by atoms with Crippen LogP contribution in [0.15, 0.2) is 60.7 Å². The fourth-order valence-electron chi connectivity index (χ4n) is 2.01. The lowest BCUT2D eigenvalue weighted by Crippen LogP contribution is -2.30. The summed E-state index contributed by atoms with van der Waals surface area (Å²) in [5.41, 5.74) is 1.23. The molecule has 0 aliphatic heterocycles. The van der Waals surface area contributed by atoms with E-state index in [-0.39, 0.29) is 5.97 Å². The van der Waals surface area contributed by atoms with E-state index in [1.807, 2.05) is 62.4 Å². The highest BCUT2D eigenvalue weighted by Crippen LogP contribution is 2.19. The predicted molar refractivity (Wildman–Crippen MR) is 76.1 cm³/mol. The van der Waals surface area contributed by atoms with Gasteiger partial charge in [-0.3, -0.25) is 0 Å². The van der Waals surface area contributed by atoms with Crippen LogP contribution in [0, 0.1) is 0 Å². The van der Waals surface area contributed by atoms with Gasteiger partial charge in [0.25, 0.3) is 0 Å². The zero-order valence-electron chi connectivity index (χ0n) is 11.3. The summed E-state index contributed by atoms with van der Waals surface area (Å²) in [5, 5.41) is 0. The summed E-state index contributed by atoms with van der Waals surface area (Å²) in [4.78, 5) is 12.0. The predicted octanol–water partition coefficient (Wildman–Crippen LogP) is 3.86. The van der Waals surface area contributed by atoms with Gasteiger partial charge >= 0.3 is 5.97 Å². The highest BCUT2D eigenvalue weighted by Gasteiger charge is 2.24. The van der Waals surface area contributed by atoms with E-state index in [2.05, 4.69) is 0 Å². The zero-order valence-corrected chi connectivity index (χ0v) is 11.3. The second-order valence-corrected chi connectivity index (χ2v) is 5.18. The first-order chi connectivity index (χ1) is 9.07. The summed E-state index contributed by atoms with van der Waals surface area (Å²) in [6, 6.07) is 19.1. The van der Waals surface area contributed by atoms with Crippen molar-refractivity contribution in [2.24, 2.45) is 0 Å². The van der Waals surface area contributed by atoms with Crippen LogP contribution in [0.3, 0.4) is 0 Å². The SMILES string of the molecule is CC(C)(Cc1ccccc1)OC(=O)c1ccccc1. The molecule has 2 rings (SSSR count).